The number of carbonyl (C=O) groups is 1. The number of benzene rings is 1. The molecule has 1 saturated heterocycles. The first kappa shape index (κ1) is 37.2. The van der Waals surface area contributed by atoms with Gasteiger partial charge in [0.25, 0.3) is 0 Å². The van der Waals surface area contributed by atoms with Gasteiger partial charge in [0.1, 0.15) is 11.4 Å². The summed E-state index contributed by atoms with van der Waals surface area (Å²) >= 11 is 0. The third-order valence-corrected chi connectivity index (χ3v) is 12.1. The number of nitrogens with zero attached hydrogens (tertiary/aromatic N) is 1. The molecule has 5 rings (SSSR count). The highest BCUT2D eigenvalue weighted by atomic mass is 16.6. The molecule has 1 aromatic rings. The van der Waals surface area contributed by atoms with Crippen LogP contribution in [0.15, 0.2) is 24.0 Å². The average molecular weight is 666 g/mol. The summed E-state index contributed by atoms with van der Waals surface area (Å²) in [5, 5.41) is 0. The molecule has 0 amide bonds. The fraction of sp³-hybridized carbons (Fsp3) is 0.786. The molecule has 2 aliphatic carbocycles. The molecule has 6 nitrogen and oxygen atoms in total. The molecule has 4 atom stereocenters. The van der Waals surface area contributed by atoms with Crippen molar-refractivity contribution in [2.75, 3.05) is 27.3 Å². The van der Waals surface area contributed by atoms with Gasteiger partial charge in [-0.3, -0.25) is 4.79 Å². The van der Waals surface area contributed by atoms with Crippen LogP contribution in [0.1, 0.15) is 166 Å². The molecule has 2 aliphatic heterocycles. The molecule has 48 heavy (non-hydrogen) atoms. The molecular formula is C42H67NO5. The van der Waals surface area contributed by atoms with Crippen LogP contribution in [0.3, 0.4) is 0 Å². The monoisotopic (exact) mass is 666 g/mol. The number of carbonyl (C=O) groups excluding carboxylic acids is 1. The second kappa shape index (κ2) is 18.3. The quantitative estimate of drug-likeness (QED) is 0.0809. The van der Waals surface area contributed by atoms with E-state index in [-0.39, 0.29) is 18.1 Å². The second-order valence-corrected chi connectivity index (χ2v) is 15.3. The van der Waals surface area contributed by atoms with Gasteiger partial charge in [-0.2, -0.15) is 0 Å². The van der Waals surface area contributed by atoms with Crippen LogP contribution >= 0.6 is 0 Å². The largest absolute Gasteiger partial charge is 0.493 e. The van der Waals surface area contributed by atoms with E-state index in [1.165, 1.54) is 114 Å². The van der Waals surface area contributed by atoms with Crippen molar-refractivity contribution in [2.24, 2.45) is 0 Å². The van der Waals surface area contributed by atoms with E-state index in [1.807, 2.05) is 0 Å². The van der Waals surface area contributed by atoms with Gasteiger partial charge in [-0.05, 0) is 57.0 Å². The molecule has 0 radical (unpaired) electrons. The van der Waals surface area contributed by atoms with Gasteiger partial charge in [0, 0.05) is 31.1 Å². The number of esters is 1. The Bertz CT molecular complexity index is 1200. The van der Waals surface area contributed by atoms with Crippen LogP contribution in [0.5, 0.6) is 11.5 Å². The van der Waals surface area contributed by atoms with Gasteiger partial charge in [-0.1, -0.05) is 129 Å². The molecule has 0 N–H and O–H groups in total. The minimum Gasteiger partial charge on any atom is -0.493 e. The van der Waals surface area contributed by atoms with Crippen molar-refractivity contribution in [3.8, 4) is 11.5 Å². The standard InChI is InChI=1S/C42H67NO5/c1-5-7-9-11-13-15-17-19-21-23-31-46-42-28-27-35(47-37(44)24-22-20-18-16-14-12-10-8-6-2)40-41(42)29-30-43(3)36(42)32-33-25-26-34(45-4)39(48-40)38(33)41/h25-27,36,40H,5-24,28-32H2,1-4H3/t36-,40+,41+,42-/m1/s1. The zero-order valence-corrected chi connectivity index (χ0v) is 31.1. The van der Waals surface area contributed by atoms with Crippen molar-refractivity contribution in [1.29, 1.82) is 0 Å². The van der Waals surface area contributed by atoms with Gasteiger partial charge in [0.2, 0.25) is 0 Å². The number of methoxy groups -OCH3 is 1. The second-order valence-electron chi connectivity index (χ2n) is 15.3. The van der Waals surface area contributed by atoms with E-state index in [0.717, 1.165) is 63.2 Å². The normalized spacial score (nSPS) is 25.4. The number of likely N-dealkylation sites (N-methyl/N-ethyl adjacent to an activating group) is 1. The smallest absolute Gasteiger partial charge is 0.310 e. The highest BCUT2D eigenvalue weighted by molar-refractivity contribution is 5.72. The Morgan fingerprint density at radius 2 is 1.46 bits per heavy atom. The Kier molecular flexibility index (Phi) is 14.2. The van der Waals surface area contributed by atoms with E-state index in [4.69, 9.17) is 18.9 Å². The Hall–Kier alpha value is -2.05. The summed E-state index contributed by atoms with van der Waals surface area (Å²) in [6, 6.07) is 4.52. The molecule has 6 heteroatoms. The van der Waals surface area contributed by atoms with Crippen molar-refractivity contribution >= 4 is 5.97 Å². The molecular weight excluding hydrogens is 598 g/mol. The van der Waals surface area contributed by atoms with Crippen LogP contribution in [-0.2, 0) is 26.1 Å². The van der Waals surface area contributed by atoms with E-state index in [0.29, 0.717) is 12.2 Å². The topological polar surface area (TPSA) is 57.2 Å². The Labute approximate surface area is 292 Å². The molecule has 2 heterocycles. The van der Waals surface area contributed by atoms with Crippen LogP contribution in [0.4, 0.5) is 0 Å². The molecule has 0 saturated carbocycles. The number of piperidine rings is 1. The van der Waals surface area contributed by atoms with Crippen LogP contribution in [0.2, 0.25) is 0 Å². The lowest BCUT2D eigenvalue weighted by molar-refractivity contribution is -0.199. The number of rotatable bonds is 24. The molecule has 4 aliphatic rings. The summed E-state index contributed by atoms with van der Waals surface area (Å²) in [5.41, 5.74) is 1.74. The van der Waals surface area contributed by atoms with E-state index in [2.05, 4.69) is 44.0 Å². The summed E-state index contributed by atoms with van der Waals surface area (Å²) in [7, 11) is 3.98. The first-order valence-electron chi connectivity index (χ1n) is 20.1. The minimum absolute atomic E-state index is 0.133. The predicted octanol–water partition coefficient (Wildman–Crippen LogP) is 10.4. The summed E-state index contributed by atoms with van der Waals surface area (Å²) in [4.78, 5) is 15.8. The van der Waals surface area contributed by atoms with E-state index in [9.17, 15) is 4.79 Å². The lowest BCUT2D eigenvalue weighted by Gasteiger charge is -2.63. The number of hydrogen-bond acceptors (Lipinski definition) is 6. The van der Waals surface area contributed by atoms with Crippen LogP contribution in [-0.4, -0.2) is 55.9 Å². The molecule has 2 bridgehead atoms. The molecule has 270 valence electrons. The number of likely N-dealkylation sites (tertiary alicyclic amines) is 1. The Morgan fingerprint density at radius 3 is 2.08 bits per heavy atom. The van der Waals surface area contributed by atoms with Crippen molar-refractivity contribution in [3.63, 3.8) is 0 Å². The van der Waals surface area contributed by atoms with E-state index < -0.39 is 11.0 Å². The highest BCUT2D eigenvalue weighted by Gasteiger charge is 2.73. The maximum Gasteiger partial charge on any atom is 0.310 e. The Morgan fingerprint density at radius 1 is 0.854 bits per heavy atom. The van der Waals surface area contributed by atoms with Gasteiger partial charge in [0.15, 0.2) is 17.6 Å². The van der Waals surface area contributed by atoms with Gasteiger partial charge >= 0.3 is 5.97 Å². The van der Waals surface area contributed by atoms with Gasteiger partial charge in [-0.25, -0.2) is 0 Å². The van der Waals surface area contributed by atoms with E-state index in [1.54, 1.807) is 7.11 Å². The van der Waals surface area contributed by atoms with E-state index >= 15 is 0 Å². The van der Waals surface area contributed by atoms with Crippen LogP contribution < -0.4 is 9.47 Å². The maximum absolute atomic E-state index is 13.3. The first-order chi connectivity index (χ1) is 23.5. The highest BCUT2D eigenvalue weighted by Crippen LogP contribution is 2.66. The minimum atomic E-state index is -0.429. The summed E-state index contributed by atoms with van der Waals surface area (Å²) in [6.07, 6.45) is 29.0. The molecule has 0 aromatic heterocycles. The predicted molar refractivity (Wildman–Crippen MR) is 195 cm³/mol. The lowest BCUT2D eigenvalue weighted by atomic mass is 9.50. The zero-order chi connectivity index (χ0) is 33.8. The van der Waals surface area contributed by atoms with Crippen LogP contribution in [0, 0.1) is 0 Å². The molecule has 0 unspecified atom stereocenters. The number of hydrogen-bond donors (Lipinski definition) is 0. The van der Waals surface area contributed by atoms with Crippen molar-refractivity contribution in [1.82, 2.24) is 4.90 Å². The maximum atomic E-state index is 13.3. The fourth-order valence-corrected chi connectivity index (χ4v) is 9.45. The molecule has 1 aromatic carbocycles. The first-order valence-corrected chi connectivity index (χ1v) is 20.1. The van der Waals surface area contributed by atoms with Crippen molar-refractivity contribution < 1.29 is 23.7 Å². The molecule has 1 spiro atoms. The SMILES string of the molecule is CCCCCCCCCCCCO[C@@]12CC=C(OC(=O)CCCCCCCCCCC)[C@@H]3Oc4c(OC)ccc5c4[C@@]31CCN(C)[C@@H]2C5. The van der Waals surface area contributed by atoms with Crippen LogP contribution in [0.25, 0.3) is 0 Å². The van der Waals surface area contributed by atoms with Gasteiger partial charge in [-0.15, -0.1) is 0 Å². The number of unbranched alkanes of at least 4 members (excludes halogenated alkanes) is 17. The average Bonchev–Trinajstić information content (AvgIpc) is 3.45. The summed E-state index contributed by atoms with van der Waals surface area (Å²) in [6.45, 7) is 6.26. The molecule has 1 fully saturated rings. The fourth-order valence-electron chi connectivity index (χ4n) is 9.45. The van der Waals surface area contributed by atoms with Gasteiger partial charge < -0.3 is 23.8 Å². The van der Waals surface area contributed by atoms with Crippen molar-refractivity contribution in [3.05, 3.63) is 35.1 Å². The third kappa shape index (κ3) is 7.96. The van der Waals surface area contributed by atoms with Crippen molar-refractivity contribution in [2.45, 2.75) is 185 Å². The zero-order valence-electron chi connectivity index (χ0n) is 31.1. The Balaban J connectivity index is 1.24. The summed E-state index contributed by atoms with van der Waals surface area (Å²) in [5.74, 6) is 2.14. The van der Waals surface area contributed by atoms with Gasteiger partial charge in [0.05, 0.1) is 12.5 Å². The lowest BCUT2D eigenvalue weighted by Crippen LogP contribution is -2.75. The summed E-state index contributed by atoms with van der Waals surface area (Å²) < 4.78 is 26.3. The third-order valence-electron chi connectivity index (χ3n) is 12.1. The number of ether oxygens (including phenoxy) is 4.